The van der Waals surface area contributed by atoms with Crippen molar-refractivity contribution in [2.24, 2.45) is 0 Å². The third-order valence-corrected chi connectivity index (χ3v) is 6.75. The zero-order valence-electron chi connectivity index (χ0n) is 20.0. The van der Waals surface area contributed by atoms with Gasteiger partial charge in [0.05, 0.1) is 30.9 Å². The number of hydrogen-bond acceptors (Lipinski definition) is 9. The number of fused-ring (bicyclic) bond motifs is 1. The number of urea groups is 1. The van der Waals surface area contributed by atoms with Gasteiger partial charge in [0.15, 0.2) is 0 Å². The van der Waals surface area contributed by atoms with Gasteiger partial charge in [-0.25, -0.2) is 9.78 Å². The molecule has 1 aliphatic heterocycles. The summed E-state index contributed by atoms with van der Waals surface area (Å²) in [7, 11) is -2.42. The Labute approximate surface area is 209 Å². The normalized spacial score (nSPS) is 14.5. The first-order valence-corrected chi connectivity index (χ1v) is 13.0. The van der Waals surface area contributed by atoms with Crippen molar-refractivity contribution in [1.29, 1.82) is 0 Å². The number of methoxy groups -OCH3 is 1. The molecule has 0 unspecified atom stereocenters. The largest absolute Gasteiger partial charge is 0.383 e. The maximum Gasteiger partial charge on any atom is 0.339 e. The summed E-state index contributed by atoms with van der Waals surface area (Å²) in [5, 5.41) is 8.57. The molecule has 36 heavy (non-hydrogen) atoms. The van der Waals surface area contributed by atoms with Crippen molar-refractivity contribution in [3.05, 3.63) is 42.5 Å². The summed E-state index contributed by atoms with van der Waals surface area (Å²) in [6.07, 6.45) is 0. The van der Waals surface area contributed by atoms with Crippen molar-refractivity contribution in [1.82, 2.24) is 20.2 Å². The molecular formula is C23H30N6O6S. The molecule has 2 amide bonds. The van der Waals surface area contributed by atoms with Gasteiger partial charge >= 0.3 is 16.1 Å². The zero-order valence-corrected chi connectivity index (χ0v) is 20.8. The van der Waals surface area contributed by atoms with Gasteiger partial charge in [0.1, 0.15) is 10.6 Å². The number of carbonyl (C=O) groups is 1. The van der Waals surface area contributed by atoms with Gasteiger partial charge in [-0.05, 0) is 36.4 Å². The van der Waals surface area contributed by atoms with E-state index in [4.69, 9.17) is 13.7 Å². The quantitative estimate of drug-likeness (QED) is 0.220. The minimum absolute atomic E-state index is 0.0283. The highest BCUT2D eigenvalue weighted by molar-refractivity contribution is 7.87. The van der Waals surface area contributed by atoms with E-state index in [0.29, 0.717) is 43.9 Å². The van der Waals surface area contributed by atoms with Crippen molar-refractivity contribution < 1.29 is 26.9 Å². The first-order valence-electron chi connectivity index (χ1n) is 11.5. The molecule has 1 aromatic heterocycles. The van der Waals surface area contributed by atoms with E-state index in [-0.39, 0.29) is 22.6 Å². The Morgan fingerprint density at radius 1 is 1.14 bits per heavy atom. The highest BCUT2D eigenvalue weighted by atomic mass is 32.2. The Morgan fingerprint density at radius 2 is 1.92 bits per heavy atom. The lowest BCUT2D eigenvalue weighted by Gasteiger charge is -2.26. The number of nitrogens with zero attached hydrogens (tertiary/aromatic N) is 2. The fraction of sp³-hybridized carbons (Fsp3) is 0.391. The lowest BCUT2D eigenvalue weighted by molar-refractivity contribution is 0.0388. The molecular weight excluding hydrogens is 488 g/mol. The highest BCUT2D eigenvalue weighted by Crippen LogP contribution is 2.24. The molecule has 1 aliphatic rings. The van der Waals surface area contributed by atoms with Crippen LogP contribution < -0.4 is 20.1 Å². The average molecular weight is 519 g/mol. The number of aromatic nitrogens is 2. The molecule has 0 bridgehead atoms. The smallest absolute Gasteiger partial charge is 0.339 e. The van der Waals surface area contributed by atoms with Crippen LogP contribution in [0.2, 0.25) is 0 Å². The number of H-pyrrole nitrogens is 1. The molecule has 2 aromatic carbocycles. The van der Waals surface area contributed by atoms with Gasteiger partial charge in [-0.2, -0.15) is 8.42 Å². The number of hydrogen-bond donors (Lipinski definition) is 4. The van der Waals surface area contributed by atoms with Crippen LogP contribution in [0.5, 0.6) is 5.75 Å². The molecule has 194 valence electrons. The first-order chi connectivity index (χ1) is 17.4. The monoisotopic (exact) mass is 518 g/mol. The summed E-state index contributed by atoms with van der Waals surface area (Å²) in [5.41, 5.74) is 1.84. The summed E-state index contributed by atoms with van der Waals surface area (Å²) in [4.78, 5) is 21.7. The minimum atomic E-state index is -4.03. The Kier molecular flexibility index (Phi) is 8.59. The molecule has 0 saturated carbocycles. The number of aromatic amines is 1. The lowest BCUT2D eigenvalue weighted by atomic mass is 10.3. The Bertz CT molecular complexity index is 1260. The molecule has 1 fully saturated rings. The third kappa shape index (κ3) is 7.07. The molecule has 4 N–H and O–H groups in total. The fourth-order valence-electron chi connectivity index (χ4n) is 3.62. The third-order valence-electron chi connectivity index (χ3n) is 5.49. The molecule has 3 aromatic rings. The lowest BCUT2D eigenvalue weighted by Crippen LogP contribution is -2.42. The number of morpholine rings is 1. The second-order valence-corrected chi connectivity index (χ2v) is 9.63. The molecule has 0 radical (unpaired) electrons. The Balaban J connectivity index is 1.32. The molecule has 0 spiro atoms. The summed E-state index contributed by atoms with van der Waals surface area (Å²) in [6, 6.07) is 10.5. The minimum Gasteiger partial charge on any atom is -0.383 e. The van der Waals surface area contributed by atoms with Crippen LogP contribution in [-0.4, -0.2) is 89.0 Å². The first kappa shape index (κ1) is 25.7. The molecule has 12 nitrogen and oxygen atoms in total. The number of anilines is 2. The SMILES string of the molecule is COCCNc1ccc(S(=O)(=O)Oc2ccc3nc(NC(=O)NCCN4CCOCC4)[nH]c3c2)cc1. The fourth-order valence-corrected chi connectivity index (χ4v) is 4.54. The van der Waals surface area contributed by atoms with Crippen molar-refractivity contribution in [2.45, 2.75) is 4.90 Å². The van der Waals surface area contributed by atoms with Crippen molar-refractivity contribution in [3.8, 4) is 5.75 Å². The highest BCUT2D eigenvalue weighted by Gasteiger charge is 2.18. The number of ether oxygens (including phenoxy) is 2. The van der Waals surface area contributed by atoms with E-state index in [9.17, 15) is 13.2 Å². The summed E-state index contributed by atoms with van der Waals surface area (Å²) >= 11 is 0. The standard InChI is InChI=1S/C23H30N6O6S/c1-33-13-9-24-17-2-5-19(6-3-17)36(31,32)35-18-4-7-20-21(16-18)27-22(26-20)28-23(30)25-8-10-29-11-14-34-15-12-29/h2-7,16,24H,8-15H2,1H3,(H3,25,26,27,28,30). The van der Waals surface area contributed by atoms with Crippen LogP contribution in [0.3, 0.4) is 0 Å². The van der Waals surface area contributed by atoms with E-state index in [1.165, 1.54) is 24.3 Å². The van der Waals surface area contributed by atoms with Gasteiger partial charge in [-0.3, -0.25) is 10.2 Å². The van der Waals surface area contributed by atoms with Crippen LogP contribution in [0.25, 0.3) is 11.0 Å². The Hall–Kier alpha value is -3.39. The second-order valence-electron chi connectivity index (χ2n) is 8.08. The van der Waals surface area contributed by atoms with Gasteiger partial charge in [0.25, 0.3) is 0 Å². The topological polar surface area (TPSA) is 147 Å². The molecule has 13 heteroatoms. The number of imidazole rings is 1. The molecule has 1 saturated heterocycles. The maximum atomic E-state index is 12.7. The van der Waals surface area contributed by atoms with Crippen LogP contribution in [0.15, 0.2) is 47.4 Å². The number of amides is 2. The zero-order chi connectivity index (χ0) is 25.4. The maximum absolute atomic E-state index is 12.7. The average Bonchev–Trinajstić information content (AvgIpc) is 3.26. The summed E-state index contributed by atoms with van der Waals surface area (Å²) < 4.78 is 41.0. The van der Waals surface area contributed by atoms with E-state index in [2.05, 4.69) is 30.8 Å². The van der Waals surface area contributed by atoms with Gasteiger partial charge in [0.2, 0.25) is 5.95 Å². The van der Waals surface area contributed by atoms with E-state index in [1.54, 1.807) is 25.3 Å². The van der Waals surface area contributed by atoms with Gasteiger partial charge in [-0.15, -0.1) is 0 Å². The van der Waals surface area contributed by atoms with Crippen molar-refractivity contribution in [3.63, 3.8) is 0 Å². The van der Waals surface area contributed by atoms with Crippen LogP contribution in [0.4, 0.5) is 16.4 Å². The number of nitrogens with one attached hydrogen (secondary N) is 4. The van der Waals surface area contributed by atoms with Crippen molar-refractivity contribution in [2.75, 3.05) is 70.3 Å². The van der Waals surface area contributed by atoms with Crippen LogP contribution in [0.1, 0.15) is 0 Å². The van der Waals surface area contributed by atoms with Gasteiger partial charge < -0.3 is 29.3 Å². The van der Waals surface area contributed by atoms with Crippen LogP contribution in [0, 0.1) is 0 Å². The van der Waals surface area contributed by atoms with Gasteiger partial charge in [0, 0.05) is 51.6 Å². The van der Waals surface area contributed by atoms with Crippen molar-refractivity contribution >= 4 is 38.8 Å². The van der Waals surface area contributed by atoms with E-state index < -0.39 is 10.1 Å². The second kappa shape index (κ2) is 12.0. The van der Waals surface area contributed by atoms with E-state index in [1.807, 2.05) is 0 Å². The van der Waals surface area contributed by atoms with E-state index >= 15 is 0 Å². The summed E-state index contributed by atoms with van der Waals surface area (Å²) in [6.45, 7) is 5.49. The van der Waals surface area contributed by atoms with Crippen LogP contribution >= 0.6 is 0 Å². The molecule has 2 heterocycles. The predicted molar refractivity (Wildman–Crippen MR) is 135 cm³/mol. The van der Waals surface area contributed by atoms with E-state index in [0.717, 1.165) is 25.3 Å². The van der Waals surface area contributed by atoms with Gasteiger partial charge in [-0.1, -0.05) is 0 Å². The number of rotatable bonds is 11. The molecule has 4 rings (SSSR count). The Morgan fingerprint density at radius 3 is 2.67 bits per heavy atom. The molecule has 0 aliphatic carbocycles. The number of carbonyl (C=O) groups excluding carboxylic acids is 1. The summed E-state index contributed by atoms with van der Waals surface area (Å²) in [5.74, 6) is 0.361. The number of benzene rings is 2. The predicted octanol–water partition coefficient (Wildman–Crippen LogP) is 1.84. The molecule has 0 atom stereocenters. The van der Waals surface area contributed by atoms with Crippen LogP contribution in [-0.2, 0) is 19.6 Å².